The van der Waals surface area contributed by atoms with Gasteiger partial charge in [0.25, 0.3) is 0 Å². The highest BCUT2D eigenvalue weighted by molar-refractivity contribution is 5.78. The van der Waals surface area contributed by atoms with E-state index in [9.17, 15) is 4.79 Å². The van der Waals surface area contributed by atoms with Crippen LogP contribution in [0.25, 0.3) is 0 Å². The molecule has 24 heavy (non-hydrogen) atoms. The lowest BCUT2D eigenvalue weighted by atomic mass is 9.95. The number of benzene rings is 1. The van der Waals surface area contributed by atoms with E-state index >= 15 is 0 Å². The molecule has 1 aliphatic rings. The summed E-state index contributed by atoms with van der Waals surface area (Å²) in [5.74, 6) is 1.15. The number of nitrogens with zero attached hydrogens (tertiary/aromatic N) is 2. The van der Waals surface area contributed by atoms with E-state index in [1.807, 2.05) is 6.07 Å². The average Bonchev–Trinajstić information content (AvgIpc) is 2.55. The van der Waals surface area contributed by atoms with Crippen LogP contribution in [0.2, 0.25) is 0 Å². The van der Waals surface area contributed by atoms with Crippen LogP contribution in [-0.2, 0) is 11.3 Å². The van der Waals surface area contributed by atoms with Crippen molar-refractivity contribution in [2.45, 2.75) is 33.2 Å². The zero-order valence-corrected chi connectivity index (χ0v) is 15.5. The molecule has 0 aromatic heterocycles. The third-order valence-corrected chi connectivity index (χ3v) is 4.67. The largest absolute Gasteiger partial charge is 0.355 e. The third-order valence-electron chi connectivity index (χ3n) is 4.67. The number of rotatable bonds is 8. The SMILES string of the molecule is CC(C)CN1CCC(C(=O)NCCN(C)Cc2ccccc2)CC1. The molecular formula is C20H33N3O. The number of likely N-dealkylation sites (N-methyl/N-ethyl adjacent to an activating group) is 1. The van der Waals surface area contributed by atoms with Gasteiger partial charge in [0, 0.05) is 32.1 Å². The fourth-order valence-electron chi connectivity index (χ4n) is 3.38. The Morgan fingerprint density at radius 2 is 1.92 bits per heavy atom. The summed E-state index contributed by atoms with van der Waals surface area (Å²) in [6.07, 6.45) is 2.00. The van der Waals surface area contributed by atoms with Gasteiger partial charge in [0.1, 0.15) is 0 Å². The molecule has 1 heterocycles. The zero-order valence-electron chi connectivity index (χ0n) is 15.5. The van der Waals surface area contributed by atoms with Gasteiger partial charge in [0.15, 0.2) is 0 Å². The number of nitrogens with one attached hydrogen (secondary N) is 1. The molecule has 1 amide bonds. The van der Waals surface area contributed by atoms with Crippen LogP contribution in [0.3, 0.4) is 0 Å². The molecule has 0 atom stereocenters. The predicted octanol–water partition coefficient (Wildman–Crippen LogP) is 2.60. The van der Waals surface area contributed by atoms with Crippen LogP contribution in [0, 0.1) is 11.8 Å². The summed E-state index contributed by atoms with van der Waals surface area (Å²) in [5.41, 5.74) is 1.31. The van der Waals surface area contributed by atoms with Crippen molar-refractivity contribution in [3.05, 3.63) is 35.9 Å². The first kappa shape index (κ1) is 18.9. The number of amides is 1. The van der Waals surface area contributed by atoms with Crippen LogP contribution in [0.15, 0.2) is 30.3 Å². The molecule has 1 aromatic carbocycles. The van der Waals surface area contributed by atoms with Gasteiger partial charge in [-0.1, -0.05) is 44.2 Å². The summed E-state index contributed by atoms with van der Waals surface area (Å²) in [5, 5.41) is 3.13. The van der Waals surface area contributed by atoms with E-state index in [4.69, 9.17) is 0 Å². The van der Waals surface area contributed by atoms with Crippen molar-refractivity contribution in [2.24, 2.45) is 11.8 Å². The quantitative estimate of drug-likeness (QED) is 0.795. The smallest absolute Gasteiger partial charge is 0.223 e. The maximum Gasteiger partial charge on any atom is 0.223 e. The second-order valence-electron chi connectivity index (χ2n) is 7.48. The van der Waals surface area contributed by atoms with Crippen molar-refractivity contribution in [2.75, 3.05) is 39.8 Å². The Kier molecular flexibility index (Phi) is 7.73. The maximum absolute atomic E-state index is 12.3. The Morgan fingerprint density at radius 3 is 2.54 bits per heavy atom. The minimum absolute atomic E-state index is 0.202. The van der Waals surface area contributed by atoms with Crippen molar-refractivity contribution in [3.8, 4) is 0 Å². The van der Waals surface area contributed by atoms with Gasteiger partial charge in [-0.2, -0.15) is 0 Å². The second kappa shape index (κ2) is 9.80. The van der Waals surface area contributed by atoms with Gasteiger partial charge in [-0.05, 0) is 44.5 Å². The highest BCUT2D eigenvalue weighted by atomic mass is 16.1. The van der Waals surface area contributed by atoms with Gasteiger partial charge in [-0.3, -0.25) is 4.79 Å². The zero-order chi connectivity index (χ0) is 17.4. The lowest BCUT2D eigenvalue weighted by molar-refractivity contribution is -0.126. The number of carbonyl (C=O) groups is 1. The third kappa shape index (κ3) is 6.62. The van der Waals surface area contributed by atoms with E-state index in [2.05, 4.69) is 60.3 Å². The molecule has 1 aliphatic heterocycles. The Morgan fingerprint density at radius 1 is 1.25 bits per heavy atom. The molecule has 1 aromatic rings. The second-order valence-corrected chi connectivity index (χ2v) is 7.48. The topological polar surface area (TPSA) is 35.6 Å². The van der Waals surface area contributed by atoms with E-state index in [-0.39, 0.29) is 11.8 Å². The fourth-order valence-corrected chi connectivity index (χ4v) is 3.38. The first-order valence-corrected chi connectivity index (χ1v) is 9.27. The number of piperidine rings is 1. The lowest BCUT2D eigenvalue weighted by Crippen LogP contribution is -2.43. The highest BCUT2D eigenvalue weighted by Crippen LogP contribution is 2.18. The van der Waals surface area contributed by atoms with Crippen LogP contribution in [0.1, 0.15) is 32.3 Å². The molecule has 1 saturated heterocycles. The Balaban J connectivity index is 1.61. The molecule has 0 unspecified atom stereocenters. The lowest BCUT2D eigenvalue weighted by Gasteiger charge is -2.32. The van der Waals surface area contributed by atoms with Crippen LogP contribution >= 0.6 is 0 Å². The van der Waals surface area contributed by atoms with Gasteiger partial charge >= 0.3 is 0 Å². The van der Waals surface area contributed by atoms with Crippen LogP contribution in [0.5, 0.6) is 0 Å². The van der Waals surface area contributed by atoms with E-state index in [0.29, 0.717) is 5.92 Å². The maximum atomic E-state index is 12.3. The van der Waals surface area contributed by atoms with Crippen molar-refractivity contribution in [1.29, 1.82) is 0 Å². The molecule has 0 saturated carbocycles. The van der Waals surface area contributed by atoms with E-state index in [1.165, 1.54) is 5.56 Å². The van der Waals surface area contributed by atoms with Gasteiger partial charge in [0.2, 0.25) is 5.91 Å². The molecule has 0 spiro atoms. The average molecular weight is 332 g/mol. The van der Waals surface area contributed by atoms with Gasteiger partial charge in [-0.25, -0.2) is 0 Å². The van der Waals surface area contributed by atoms with Gasteiger partial charge < -0.3 is 15.1 Å². The monoisotopic (exact) mass is 331 g/mol. The van der Waals surface area contributed by atoms with Crippen LogP contribution in [0.4, 0.5) is 0 Å². The minimum atomic E-state index is 0.202. The standard InChI is InChI=1S/C20H33N3O/c1-17(2)15-23-12-9-19(10-13-23)20(24)21-11-14-22(3)16-18-7-5-4-6-8-18/h4-8,17,19H,9-16H2,1-3H3,(H,21,24). The minimum Gasteiger partial charge on any atom is -0.355 e. The number of carbonyl (C=O) groups excluding carboxylic acids is 1. The van der Waals surface area contributed by atoms with Crippen LogP contribution < -0.4 is 5.32 Å². The summed E-state index contributed by atoms with van der Waals surface area (Å²) in [6, 6.07) is 10.4. The van der Waals surface area contributed by atoms with Gasteiger partial charge in [-0.15, -0.1) is 0 Å². The summed E-state index contributed by atoms with van der Waals surface area (Å²) in [4.78, 5) is 17.1. The first-order chi connectivity index (χ1) is 11.5. The van der Waals surface area contributed by atoms with Crippen molar-refractivity contribution in [3.63, 3.8) is 0 Å². The van der Waals surface area contributed by atoms with Crippen molar-refractivity contribution < 1.29 is 4.79 Å². The predicted molar refractivity (Wildman–Crippen MR) is 99.8 cm³/mol. The molecule has 0 aliphatic carbocycles. The molecule has 134 valence electrons. The van der Waals surface area contributed by atoms with Crippen molar-refractivity contribution >= 4 is 5.91 Å². The molecular weight excluding hydrogens is 298 g/mol. The summed E-state index contributed by atoms with van der Waals surface area (Å²) in [7, 11) is 2.10. The molecule has 0 bridgehead atoms. The summed E-state index contributed by atoms with van der Waals surface area (Å²) >= 11 is 0. The van der Waals surface area contributed by atoms with E-state index < -0.39 is 0 Å². The molecule has 0 radical (unpaired) electrons. The number of likely N-dealkylation sites (tertiary alicyclic amines) is 1. The van der Waals surface area contributed by atoms with E-state index in [0.717, 1.165) is 52.1 Å². The van der Waals surface area contributed by atoms with Crippen LogP contribution in [-0.4, -0.2) is 55.5 Å². The molecule has 4 heteroatoms. The summed E-state index contributed by atoms with van der Waals surface area (Å²) < 4.78 is 0. The first-order valence-electron chi connectivity index (χ1n) is 9.27. The van der Waals surface area contributed by atoms with Gasteiger partial charge in [0.05, 0.1) is 0 Å². The number of hydrogen-bond acceptors (Lipinski definition) is 3. The molecule has 4 nitrogen and oxygen atoms in total. The normalized spacial score (nSPS) is 16.7. The fraction of sp³-hybridized carbons (Fsp3) is 0.650. The molecule has 1 N–H and O–H groups in total. The summed E-state index contributed by atoms with van der Waals surface area (Å²) in [6.45, 7) is 10.3. The Labute approximate surface area is 147 Å². The highest BCUT2D eigenvalue weighted by Gasteiger charge is 2.24. The number of hydrogen-bond donors (Lipinski definition) is 1. The Bertz CT molecular complexity index is 481. The molecule has 1 fully saturated rings. The van der Waals surface area contributed by atoms with Crippen molar-refractivity contribution in [1.82, 2.24) is 15.1 Å². The Hall–Kier alpha value is -1.39. The molecule has 2 rings (SSSR count). The van der Waals surface area contributed by atoms with E-state index in [1.54, 1.807) is 0 Å².